The van der Waals surface area contributed by atoms with Gasteiger partial charge in [0.2, 0.25) is 0 Å². The molecule has 0 spiro atoms. The SMILES string of the molecule is COCCOc1ccc2c(c1)C1C=CCC1C(c1ccc(OCc3ccccc3)cc1)N2. The van der Waals surface area contributed by atoms with Crippen molar-refractivity contribution in [2.24, 2.45) is 5.92 Å². The molecule has 4 heteroatoms. The number of allylic oxidation sites excluding steroid dienone is 2. The van der Waals surface area contributed by atoms with Crippen LogP contribution in [0.25, 0.3) is 0 Å². The minimum atomic E-state index is 0.269. The molecule has 0 saturated carbocycles. The molecule has 164 valence electrons. The molecule has 5 rings (SSSR count). The Labute approximate surface area is 189 Å². The molecule has 0 aromatic heterocycles. The van der Waals surface area contributed by atoms with E-state index in [0.29, 0.717) is 31.7 Å². The molecule has 1 aliphatic heterocycles. The van der Waals surface area contributed by atoms with Crippen molar-refractivity contribution in [1.82, 2.24) is 0 Å². The van der Waals surface area contributed by atoms with E-state index < -0.39 is 0 Å². The Morgan fingerprint density at radius 1 is 0.875 bits per heavy atom. The highest BCUT2D eigenvalue weighted by Gasteiger charge is 2.38. The molecule has 32 heavy (non-hydrogen) atoms. The number of methoxy groups -OCH3 is 1. The summed E-state index contributed by atoms with van der Waals surface area (Å²) in [7, 11) is 1.69. The van der Waals surface area contributed by atoms with Crippen LogP contribution in [0, 0.1) is 5.92 Å². The van der Waals surface area contributed by atoms with E-state index in [2.05, 4.69) is 66.0 Å². The third-order valence-corrected chi connectivity index (χ3v) is 6.38. The molecule has 2 aliphatic rings. The Hall–Kier alpha value is -3.24. The maximum Gasteiger partial charge on any atom is 0.119 e. The summed E-state index contributed by atoms with van der Waals surface area (Å²) in [5.41, 5.74) is 4.97. The lowest BCUT2D eigenvalue weighted by Gasteiger charge is -2.37. The molecule has 3 aromatic carbocycles. The van der Waals surface area contributed by atoms with Crippen LogP contribution in [0.1, 0.15) is 35.1 Å². The summed E-state index contributed by atoms with van der Waals surface area (Å²) >= 11 is 0. The maximum atomic E-state index is 5.98. The number of hydrogen-bond donors (Lipinski definition) is 1. The van der Waals surface area contributed by atoms with Crippen LogP contribution in [0.4, 0.5) is 5.69 Å². The van der Waals surface area contributed by atoms with Crippen LogP contribution in [-0.2, 0) is 11.3 Å². The van der Waals surface area contributed by atoms with Gasteiger partial charge in [-0.25, -0.2) is 0 Å². The molecule has 0 radical (unpaired) electrons. The molecule has 3 unspecified atom stereocenters. The van der Waals surface area contributed by atoms with Crippen LogP contribution < -0.4 is 14.8 Å². The van der Waals surface area contributed by atoms with E-state index in [-0.39, 0.29) is 6.04 Å². The van der Waals surface area contributed by atoms with Crippen LogP contribution in [0.15, 0.2) is 84.9 Å². The summed E-state index contributed by atoms with van der Waals surface area (Å²) in [6.45, 7) is 1.74. The molecule has 4 nitrogen and oxygen atoms in total. The van der Waals surface area contributed by atoms with Gasteiger partial charge in [-0.15, -0.1) is 0 Å². The van der Waals surface area contributed by atoms with Crippen molar-refractivity contribution < 1.29 is 14.2 Å². The lowest BCUT2D eigenvalue weighted by Crippen LogP contribution is -2.29. The minimum Gasteiger partial charge on any atom is -0.491 e. The summed E-state index contributed by atoms with van der Waals surface area (Å²) in [6, 6.07) is 25.5. The van der Waals surface area contributed by atoms with Crippen LogP contribution in [0.5, 0.6) is 11.5 Å². The highest BCUT2D eigenvalue weighted by atomic mass is 16.5. The lowest BCUT2D eigenvalue weighted by atomic mass is 9.77. The molecule has 3 atom stereocenters. The first-order valence-electron chi connectivity index (χ1n) is 11.3. The second-order valence-corrected chi connectivity index (χ2v) is 8.41. The predicted octanol–water partition coefficient (Wildman–Crippen LogP) is 6.12. The van der Waals surface area contributed by atoms with Crippen molar-refractivity contribution >= 4 is 5.69 Å². The number of fused-ring (bicyclic) bond motifs is 3. The van der Waals surface area contributed by atoms with Crippen molar-refractivity contribution in [3.63, 3.8) is 0 Å². The number of ether oxygens (including phenoxy) is 3. The number of nitrogens with one attached hydrogen (secondary N) is 1. The Kier molecular flexibility index (Phi) is 6.13. The first-order chi connectivity index (χ1) is 15.8. The third-order valence-electron chi connectivity index (χ3n) is 6.38. The molecular formula is C28H29NO3. The van der Waals surface area contributed by atoms with Crippen molar-refractivity contribution in [2.45, 2.75) is 25.0 Å². The molecule has 0 saturated heterocycles. The zero-order valence-electron chi connectivity index (χ0n) is 18.4. The lowest BCUT2D eigenvalue weighted by molar-refractivity contribution is 0.146. The Morgan fingerprint density at radius 2 is 1.69 bits per heavy atom. The number of benzene rings is 3. The van der Waals surface area contributed by atoms with E-state index in [9.17, 15) is 0 Å². The zero-order valence-corrected chi connectivity index (χ0v) is 18.4. The van der Waals surface area contributed by atoms with Gasteiger partial charge in [0, 0.05) is 18.7 Å². The smallest absolute Gasteiger partial charge is 0.119 e. The van der Waals surface area contributed by atoms with Gasteiger partial charge in [0.25, 0.3) is 0 Å². The second-order valence-electron chi connectivity index (χ2n) is 8.41. The topological polar surface area (TPSA) is 39.7 Å². The molecule has 1 N–H and O–H groups in total. The Balaban J connectivity index is 1.31. The summed E-state index contributed by atoms with van der Waals surface area (Å²) in [4.78, 5) is 0. The minimum absolute atomic E-state index is 0.269. The largest absolute Gasteiger partial charge is 0.491 e. The average molecular weight is 428 g/mol. The average Bonchev–Trinajstić information content (AvgIpc) is 3.34. The van der Waals surface area contributed by atoms with Gasteiger partial charge in [-0.3, -0.25) is 0 Å². The van der Waals surface area contributed by atoms with E-state index in [1.807, 2.05) is 24.3 Å². The number of anilines is 1. The van der Waals surface area contributed by atoms with Gasteiger partial charge in [-0.05, 0) is 59.4 Å². The normalized spacial score (nSPS) is 20.8. The molecule has 1 aliphatic carbocycles. The van der Waals surface area contributed by atoms with E-state index in [4.69, 9.17) is 14.2 Å². The first-order valence-corrected chi connectivity index (χ1v) is 11.3. The van der Waals surface area contributed by atoms with E-state index in [0.717, 1.165) is 17.9 Å². The van der Waals surface area contributed by atoms with Crippen LogP contribution in [0.3, 0.4) is 0 Å². The molecule has 0 amide bonds. The van der Waals surface area contributed by atoms with Gasteiger partial charge in [0.15, 0.2) is 0 Å². The third kappa shape index (κ3) is 4.37. The van der Waals surface area contributed by atoms with Gasteiger partial charge in [-0.1, -0.05) is 54.6 Å². The fourth-order valence-electron chi connectivity index (χ4n) is 4.75. The van der Waals surface area contributed by atoms with E-state index in [1.165, 1.54) is 22.4 Å². The second kappa shape index (κ2) is 9.49. The van der Waals surface area contributed by atoms with Crippen molar-refractivity contribution in [1.29, 1.82) is 0 Å². The fraction of sp³-hybridized carbons (Fsp3) is 0.286. The van der Waals surface area contributed by atoms with Crippen molar-refractivity contribution in [3.8, 4) is 11.5 Å². The van der Waals surface area contributed by atoms with E-state index in [1.54, 1.807) is 7.11 Å². The summed E-state index contributed by atoms with van der Waals surface area (Å²) in [5.74, 6) is 2.69. The standard InChI is InChI=1S/C28H29NO3/c1-30-16-17-31-23-14-15-27-26(18-23)24-8-5-9-25(24)28(29-27)21-10-12-22(13-11-21)32-19-20-6-3-2-4-7-20/h2-8,10-15,18,24-25,28-29H,9,16-17,19H2,1H3. The van der Waals surface area contributed by atoms with Crippen molar-refractivity contribution in [3.05, 3.63) is 102 Å². The zero-order chi connectivity index (χ0) is 21.8. The maximum absolute atomic E-state index is 5.98. The van der Waals surface area contributed by atoms with Gasteiger partial charge in [0.1, 0.15) is 24.7 Å². The van der Waals surface area contributed by atoms with Gasteiger partial charge < -0.3 is 19.5 Å². The molecule has 0 bridgehead atoms. The number of rotatable bonds is 8. The molecule has 1 heterocycles. The Bertz CT molecular complexity index is 1060. The van der Waals surface area contributed by atoms with E-state index >= 15 is 0 Å². The first kappa shape index (κ1) is 20.7. The summed E-state index contributed by atoms with van der Waals surface area (Å²) in [5, 5.41) is 3.80. The quantitative estimate of drug-likeness (QED) is 0.347. The molecular weight excluding hydrogens is 398 g/mol. The predicted molar refractivity (Wildman–Crippen MR) is 127 cm³/mol. The highest BCUT2D eigenvalue weighted by Crippen LogP contribution is 2.50. The van der Waals surface area contributed by atoms with Gasteiger partial charge in [0.05, 0.1) is 12.6 Å². The molecule has 0 fully saturated rings. The van der Waals surface area contributed by atoms with Crippen LogP contribution >= 0.6 is 0 Å². The van der Waals surface area contributed by atoms with Crippen molar-refractivity contribution in [2.75, 3.05) is 25.6 Å². The van der Waals surface area contributed by atoms with Gasteiger partial charge >= 0.3 is 0 Å². The van der Waals surface area contributed by atoms with Gasteiger partial charge in [-0.2, -0.15) is 0 Å². The fourth-order valence-corrected chi connectivity index (χ4v) is 4.75. The Morgan fingerprint density at radius 3 is 2.50 bits per heavy atom. The highest BCUT2D eigenvalue weighted by molar-refractivity contribution is 5.61. The molecule has 3 aromatic rings. The number of hydrogen-bond acceptors (Lipinski definition) is 4. The monoisotopic (exact) mass is 427 g/mol. The van der Waals surface area contributed by atoms with Crippen LogP contribution in [0.2, 0.25) is 0 Å². The summed E-state index contributed by atoms with van der Waals surface area (Å²) in [6.07, 6.45) is 5.74. The summed E-state index contributed by atoms with van der Waals surface area (Å²) < 4.78 is 16.9. The van der Waals surface area contributed by atoms with Crippen LogP contribution in [-0.4, -0.2) is 20.3 Å².